The summed E-state index contributed by atoms with van der Waals surface area (Å²) in [5.41, 5.74) is 2.36. The minimum atomic E-state index is 0.676. The van der Waals surface area contributed by atoms with Crippen LogP contribution in [0, 0.1) is 0 Å². The van der Waals surface area contributed by atoms with E-state index in [9.17, 15) is 0 Å². The van der Waals surface area contributed by atoms with Crippen LogP contribution in [-0.2, 0) is 6.54 Å². The van der Waals surface area contributed by atoms with Crippen molar-refractivity contribution in [3.63, 3.8) is 0 Å². The van der Waals surface area contributed by atoms with E-state index >= 15 is 0 Å². The molecule has 1 saturated heterocycles. The fourth-order valence-electron chi connectivity index (χ4n) is 2.38. The van der Waals surface area contributed by atoms with E-state index in [2.05, 4.69) is 46.3 Å². The van der Waals surface area contributed by atoms with Gasteiger partial charge in [-0.2, -0.15) is 11.8 Å². The summed E-state index contributed by atoms with van der Waals surface area (Å²) >= 11 is 2.06. The number of hydrogen-bond acceptors (Lipinski definition) is 3. The molecule has 1 aliphatic heterocycles. The zero-order valence-electron chi connectivity index (χ0n) is 10.4. The van der Waals surface area contributed by atoms with Gasteiger partial charge in [-0.15, -0.1) is 0 Å². The fraction of sp³-hybridized carbons (Fsp3) is 0.400. The van der Waals surface area contributed by atoms with Gasteiger partial charge in [-0.05, 0) is 36.3 Å². The number of aromatic nitrogens is 1. The minimum Gasteiger partial charge on any atom is -0.309 e. The third-order valence-electron chi connectivity index (χ3n) is 3.40. The van der Waals surface area contributed by atoms with Gasteiger partial charge in [0.25, 0.3) is 0 Å². The van der Waals surface area contributed by atoms with Crippen LogP contribution in [0.1, 0.15) is 18.4 Å². The lowest BCUT2D eigenvalue weighted by Gasteiger charge is -2.22. The standard InChI is InChI=1S/C15H18N2S/c1-2-6-15-13(4-1)8-12(10-17-15)9-16-14-5-3-7-18-11-14/h1-2,4,6,8,10,14,16H,3,5,7,9,11H2. The van der Waals surface area contributed by atoms with Gasteiger partial charge < -0.3 is 5.32 Å². The first-order valence-electron chi connectivity index (χ1n) is 6.56. The van der Waals surface area contributed by atoms with Crippen molar-refractivity contribution < 1.29 is 0 Å². The molecule has 1 aliphatic rings. The first-order chi connectivity index (χ1) is 8.92. The molecule has 0 spiro atoms. The van der Waals surface area contributed by atoms with Crippen molar-refractivity contribution in [1.29, 1.82) is 0 Å². The Kier molecular flexibility index (Phi) is 3.81. The predicted octanol–water partition coefficient (Wildman–Crippen LogP) is 3.22. The van der Waals surface area contributed by atoms with Gasteiger partial charge in [0.2, 0.25) is 0 Å². The van der Waals surface area contributed by atoms with Crippen LogP contribution >= 0.6 is 11.8 Å². The summed E-state index contributed by atoms with van der Waals surface area (Å²) in [7, 11) is 0. The highest BCUT2D eigenvalue weighted by Gasteiger charge is 2.12. The van der Waals surface area contributed by atoms with E-state index in [0.29, 0.717) is 6.04 Å². The Morgan fingerprint density at radius 2 is 2.28 bits per heavy atom. The van der Waals surface area contributed by atoms with Gasteiger partial charge in [0.05, 0.1) is 5.52 Å². The monoisotopic (exact) mass is 258 g/mol. The normalized spacial score (nSPS) is 20.1. The molecule has 1 fully saturated rings. The van der Waals surface area contributed by atoms with Crippen molar-refractivity contribution in [2.75, 3.05) is 11.5 Å². The van der Waals surface area contributed by atoms with Gasteiger partial charge in [-0.3, -0.25) is 4.98 Å². The SMILES string of the molecule is c1ccc2ncc(CNC3CCCSC3)cc2c1. The van der Waals surface area contributed by atoms with Crippen molar-refractivity contribution >= 4 is 22.7 Å². The lowest BCUT2D eigenvalue weighted by molar-refractivity contribution is 0.507. The second kappa shape index (κ2) is 5.72. The Balaban J connectivity index is 1.66. The largest absolute Gasteiger partial charge is 0.309 e. The van der Waals surface area contributed by atoms with Gasteiger partial charge >= 0.3 is 0 Å². The molecule has 2 heterocycles. The summed E-state index contributed by atoms with van der Waals surface area (Å²) in [5.74, 6) is 2.58. The summed E-state index contributed by atoms with van der Waals surface area (Å²) in [6, 6.07) is 11.2. The molecule has 0 amide bonds. The number of benzene rings is 1. The quantitative estimate of drug-likeness (QED) is 0.915. The molecular formula is C15H18N2S. The molecule has 1 unspecified atom stereocenters. The van der Waals surface area contributed by atoms with E-state index in [-0.39, 0.29) is 0 Å². The number of pyridine rings is 1. The third kappa shape index (κ3) is 2.85. The molecule has 18 heavy (non-hydrogen) atoms. The molecule has 0 radical (unpaired) electrons. The second-order valence-corrected chi connectivity index (χ2v) is 5.98. The molecule has 0 aliphatic carbocycles. The highest BCUT2D eigenvalue weighted by Crippen LogP contribution is 2.18. The molecule has 0 saturated carbocycles. The summed E-state index contributed by atoms with van der Waals surface area (Å²) in [6.07, 6.45) is 4.65. The maximum Gasteiger partial charge on any atom is 0.0702 e. The Labute approximate surface area is 112 Å². The lowest BCUT2D eigenvalue weighted by atomic mass is 10.1. The van der Waals surface area contributed by atoms with Crippen molar-refractivity contribution in [2.24, 2.45) is 0 Å². The number of rotatable bonds is 3. The number of fused-ring (bicyclic) bond motifs is 1. The van der Waals surface area contributed by atoms with Gasteiger partial charge in [0.1, 0.15) is 0 Å². The van der Waals surface area contributed by atoms with Crippen LogP contribution in [0.15, 0.2) is 36.5 Å². The van der Waals surface area contributed by atoms with E-state index in [1.807, 2.05) is 12.3 Å². The van der Waals surface area contributed by atoms with Crippen LogP contribution in [0.5, 0.6) is 0 Å². The fourth-order valence-corrected chi connectivity index (χ4v) is 3.48. The van der Waals surface area contributed by atoms with Gasteiger partial charge in [-0.25, -0.2) is 0 Å². The molecule has 1 N–H and O–H groups in total. The smallest absolute Gasteiger partial charge is 0.0702 e. The molecule has 1 atom stereocenters. The average molecular weight is 258 g/mol. The lowest BCUT2D eigenvalue weighted by Crippen LogP contribution is -2.33. The highest BCUT2D eigenvalue weighted by atomic mass is 32.2. The van der Waals surface area contributed by atoms with Gasteiger partial charge in [-0.1, -0.05) is 18.2 Å². The summed E-state index contributed by atoms with van der Waals surface area (Å²) in [4.78, 5) is 4.50. The van der Waals surface area contributed by atoms with Crippen LogP contribution in [0.4, 0.5) is 0 Å². The van der Waals surface area contributed by atoms with Crippen LogP contribution in [-0.4, -0.2) is 22.5 Å². The first kappa shape index (κ1) is 12.0. The molecular weight excluding hydrogens is 240 g/mol. The molecule has 2 aromatic rings. The maximum atomic E-state index is 4.50. The predicted molar refractivity (Wildman–Crippen MR) is 78.9 cm³/mol. The number of hydrogen-bond donors (Lipinski definition) is 1. The second-order valence-electron chi connectivity index (χ2n) is 4.83. The Bertz CT molecular complexity index is 521. The molecule has 3 heteroatoms. The highest BCUT2D eigenvalue weighted by molar-refractivity contribution is 7.99. The van der Waals surface area contributed by atoms with Crippen LogP contribution in [0.25, 0.3) is 10.9 Å². The minimum absolute atomic E-state index is 0.676. The van der Waals surface area contributed by atoms with E-state index in [0.717, 1.165) is 12.1 Å². The number of para-hydroxylation sites is 1. The van der Waals surface area contributed by atoms with Gasteiger partial charge in [0.15, 0.2) is 0 Å². The third-order valence-corrected chi connectivity index (χ3v) is 4.62. The first-order valence-corrected chi connectivity index (χ1v) is 7.72. The van der Waals surface area contributed by atoms with Crippen molar-refractivity contribution in [3.05, 3.63) is 42.1 Å². The van der Waals surface area contributed by atoms with Crippen LogP contribution < -0.4 is 5.32 Å². The molecule has 3 rings (SSSR count). The summed E-state index contributed by atoms with van der Waals surface area (Å²) in [6.45, 7) is 0.934. The van der Waals surface area contributed by atoms with E-state index in [4.69, 9.17) is 0 Å². The maximum absolute atomic E-state index is 4.50. The van der Waals surface area contributed by atoms with E-state index < -0.39 is 0 Å². The van der Waals surface area contributed by atoms with Crippen LogP contribution in [0.3, 0.4) is 0 Å². The summed E-state index contributed by atoms with van der Waals surface area (Å²) < 4.78 is 0. The van der Waals surface area contributed by atoms with Crippen molar-refractivity contribution in [1.82, 2.24) is 10.3 Å². The Morgan fingerprint density at radius 3 is 3.17 bits per heavy atom. The number of nitrogens with zero attached hydrogens (tertiary/aromatic N) is 1. The van der Waals surface area contributed by atoms with Crippen molar-refractivity contribution in [2.45, 2.75) is 25.4 Å². The molecule has 1 aromatic carbocycles. The molecule has 0 bridgehead atoms. The molecule has 94 valence electrons. The Morgan fingerprint density at radius 1 is 1.33 bits per heavy atom. The number of nitrogens with one attached hydrogen (secondary N) is 1. The Hall–Kier alpha value is -1.06. The van der Waals surface area contributed by atoms with Gasteiger partial charge in [0, 0.05) is 29.9 Å². The summed E-state index contributed by atoms with van der Waals surface area (Å²) in [5, 5.41) is 4.87. The average Bonchev–Trinajstić information content (AvgIpc) is 2.46. The van der Waals surface area contributed by atoms with Crippen molar-refractivity contribution in [3.8, 4) is 0 Å². The zero-order valence-corrected chi connectivity index (χ0v) is 11.2. The van der Waals surface area contributed by atoms with Crippen LogP contribution in [0.2, 0.25) is 0 Å². The number of thioether (sulfide) groups is 1. The molecule has 1 aromatic heterocycles. The van der Waals surface area contributed by atoms with E-state index in [1.54, 1.807) is 0 Å². The topological polar surface area (TPSA) is 24.9 Å². The zero-order chi connectivity index (χ0) is 12.2. The van der Waals surface area contributed by atoms with E-state index in [1.165, 1.54) is 35.3 Å². The molecule has 2 nitrogen and oxygen atoms in total.